The van der Waals surface area contributed by atoms with Crippen LogP contribution in [0.2, 0.25) is 0 Å². The van der Waals surface area contributed by atoms with Crippen LogP contribution in [0.15, 0.2) is 12.4 Å². The van der Waals surface area contributed by atoms with Crippen molar-refractivity contribution in [2.24, 2.45) is 11.7 Å². The predicted molar refractivity (Wildman–Crippen MR) is 65.1 cm³/mol. The van der Waals surface area contributed by atoms with E-state index in [4.69, 9.17) is 16.2 Å². The molecule has 92 valence electrons. The third kappa shape index (κ3) is 2.52. The number of hydrogen-bond acceptors (Lipinski definition) is 5. The van der Waals surface area contributed by atoms with E-state index in [-0.39, 0.29) is 12.4 Å². The first-order valence-corrected chi connectivity index (χ1v) is 5.73. The van der Waals surface area contributed by atoms with Crippen LogP contribution in [0.25, 0.3) is 0 Å². The third-order valence-corrected chi connectivity index (χ3v) is 3.11. The molecule has 1 saturated heterocycles. The van der Waals surface area contributed by atoms with Crippen molar-refractivity contribution in [3.63, 3.8) is 0 Å². The Hall–Kier alpha value is -1.69. The lowest BCUT2D eigenvalue weighted by Gasteiger charge is -2.32. The highest BCUT2D eigenvalue weighted by Crippen LogP contribution is 2.22. The molecule has 0 unspecified atom stereocenters. The number of aromatic nitrogens is 2. The normalized spacial score (nSPS) is 17.1. The number of rotatable bonds is 3. The zero-order valence-corrected chi connectivity index (χ0v) is 9.63. The second kappa shape index (κ2) is 5.09. The van der Waals surface area contributed by atoms with Gasteiger partial charge in [-0.05, 0) is 18.8 Å². The molecule has 6 nitrogen and oxygen atoms in total. The molecule has 0 spiro atoms. The zero-order valence-electron chi connectivity index (χ0n) is 9.63. The zero-order chi connectivity index (χ0) is 12.3. The van der Waals surface area contributed by atoms with Crippen LogP contribution in [0.1, 0.15) is 18.5 Å². The first-order chi connectivity index (χ1) is 8.22. The van der Waals surface area contributed by atoms with Gasteiger partial charge in [-0.1, -0.05) is 0 Å². The Morgan fingerprint density at radius 2 is 2.06 bits per heavy atom. The van der Waals surface area contributed by atoms with Crippen molar-refractivity contribution in [2.75, 3.05) is 24.6 Å². The van der Waals surface area contributed by atoms with E-state index in [1.165, 1.54) is 0 Å². The van der Waals surface area contributed by atoms with Crippen LogP contribution in [0.3, 0.4) is 0 Å². The van der Waals surface area contributed by atoms with Gasteiger partial charge in [0.15, 0.2) is 5.82 Å². The number of nitrogens with zero attached hydrogens (tertiary/aromatic N) is 3. The summed E-state index contributed by atoms with van der Waals surface area (Å²) in [6.07, 6.45) is 5.02. The molecule has 0 aromatic carbocycles. The maximum atomic E-state index is 9.09. The highest BCUT2D eigenvalue weighted by Gasteiger charge is 2.22. The molecule has 1 aliphatic heterocycles. The van der Waals surface area contributed by atoms with Crippen molar-refractivity contribution in [3.05, 3.63) is 18.1 Å². The summed E-state index contributed by atoms with van der Waals surface area (Å²) in [7, 11) is 0. The summed E-state index contributed by atoms with van der Waals surface area (Å²) in [6.45, 7) is 1.89. The molecule has 0 aliphatic carbocycles. The molecule has 4 N–H and O–H groups in total. The second-order valence-electron chi connectivity index (χ2n) is 4.26. The van der Waals surface area contributed by atoms with Crippen molar-refractivity contribution in [2.45, 2.75) is 12.8 Å². The Kier molecular flexibility index (Phi) is 3.53. The van der Waals surface area contributed by atoms with Gasteiger partial charge in [0.05, 0.1) is 0 Å². The molecule has 0 saturated carbocycles. The molecule has 0 bridgehead atoms. The minimum absolute atomic E-state index is 0.0580. The van der Waals surface area contributed by atoms with Crippen LogP contribution >= 0.6 is 0 Å². The molecule has 0 amide bonds. The SMILES string of the molecule is N=C(N)c1nccnc1N1CCC(CO)CC1. The van der Waals surface area contributed by atoms with E-state index in [0.29, 0.717) is 17.4 Å². The fourth-order valence-electron chi connectivity index (χ4n) is 2.08. The molecule has 2 rings (SSSR count). The number of aliphatic hydroxyl groups excluding tert-OH is 1. The molecule has 17 heavy (non-hydrogen) atoms. The highest BCUT2D eigenvalue weighted by molar-refractivity contribution is 5.97. The smallest absolute Gasteiger partial charge is 0.158 e. The summed E-state index contributed by atoms with van der Waals surface area (Å²) in [6, 6.07) is 0. The molecular weight excluding hydrogens is 218 g/mol. The lowest BCUT2D eigenvalue weighted by Crippen LogP contribution is -2.37. The Morgan fingerprint density at radius 3 is 2.65 bits per heavy atom. The third-order valence-electron chi connectivity index (χ3n) is 3.11. The van der Waals surface area contributed by atoms with Gasteiger partial charge >= 0.3 is 0 Å². The number of hydrogen-bond donors (Lipinski definition) is 3. The lowest BCUT2D eigenvalue weighted by atomic mass is 9.98. The Labute approximate surface area is 100.0 Å². The van der Waals surface area contributed by atoms with Crippen LogP contribution < -0.4 is 10.6 Å². The van der Waals surface area contributed by atoms with E-state index in [0.717, 1.165) is 25.9 Å². The summed E-state index contributed by atoms with van der Waals surface area (Å²) in [5.41, 5.74) is 5.93. The van der Waals surface area contributed by atoms with E-state index < -0.39 is 0 Å². The van der Waals surface area contributed by atoms with Crippen LogP contribution in [0, 0.1) is 11.3 Å². The quantitative estimate of drug-likeness (QED) is 0.504. The number of amidine groups is 1. The molecule has 1 aliphatic rings. The van der Waals surface area contributed by atoms with E-state index >= 15 is 0 Å². The first-order valence-electron chi connectivity index (χ1n) is 5.73. The standard InChI is InChI=1S/C11H17N5O/c12-10(13)9-11(15-4-3-14-9)16-5-1-8(7-17)2-6-16/h3-4,8,17H,1-2,5-7H2,(H3,12,13). The van der Waals surface area contributed by atoms with Gasteiger partial charge in [-0.2, -0.15) is 0 Å². The predicted octanol–water partition coefficient (Wildman–Crippen LogP) is -0.0306. The van der Waals surface area contributed by atoms with Crippen LogP contribution in [-0.2, 0) is 0 Å². The average Bonchev–Trinajstić information content (AvgIpc) is 2.39. The minimum atomic E-state index is -0.0580. The number of piperidine rings is 1. The van der Waals surface area contributed by atoms with Crippen molar-refractivity contribution in [1.82, 2.24) is 9.97 Å². The van der Waals surface area contributed by atoms with Crippen molar-refractivity contribution in [3.8, 4) is 0 Å². The topological polar surface area (TPSA) is 99.1 Å². The van der Waals surface area contributed by atoms with Gasteiger partial charge in [0.1, 0.15) is 11.5 Å². The van der Waals surface area contributed by atoms with E-state index in [1.54, 1.807) is 12.4 Å². The molecule has 0 atom stereocenters. The summed E-state index contributed by atoms with van der Waals surface area (Å²) in [5.74, 6) is 0.998. The van der Waals surface area contributed by atoms with Gasteiger partial charge in [0.25, 0.3) is 0 Å². The van der Waals surface area contributed by atoms with Gasteiger partial charge < -0.3 is 15.7 Å². The number of nitrogens with one attached hydrogen (secondary N) is 1. The van der Waals surface area contributed by atoms with E-state index in [2.05, 4.69) is 14.9 Å². The maximum Gasteiger partial charge on any atom is 0.158 e. The van der Waals surface area contributed by atoms with Crippen molar-refractivity contribution >= 4 is 11.7 Å². The summed E-state index contributed by atoms with van der Waals surface area (Å²) < 4.78 is 0. The highest BCUT2D eigenvalue weighted by atomic mass is 16.3. The van der Waals surface area contributed by atoms with E-state index in [1.807, 2.05) is 0 Å². The Morgan fingerprint density at radius 1 is 1.41 bits per heavy atom. The van der Waals surface area contributed by atoms with Gasteiger partial charge in [-0.15, -0.1) is 0 Å². The van der Waals surface area contributed by atoms with Gasteiger partial charge in [-0.3, -0.25) is 5.41 Å². The van der Waals surface area contributed by atoms with Crippen LogP contribution in [0.4, 0.5) is 5.82 Å². The Balaban J connectivity index is 2.15. The maximum absolute atomic E-state index is 9.09. The number of nitrogens with two attached hydrogens (primary N) is 1. The summed E-state index contributed by atoms with van der Waals surface area (Å²) >= 11 is 0. The summed E-state index contributed by atoms with van der Waals surface area (Å²) in [5, 5.41) is 16.6. The fourth-order valence-corrected chi connectivity index (χ4v) is 2.08. The number of nitrogen functional groups attached to an aromatic ring is 1. The molecule has 2 heterocycles. The fraction of sp³-hybridized carbons (Fsp3) is 0.545. The lowest BCUT2D eigenvalue weighted by molar-refractivity contribution is 0.202. The number of anilines is 1. The molecule has 1 aromatic heterocycles. The van der Waals surface area contributed by atoms with Crippen molar-refractivity contribution < 1.29 is 5.11 Å². The Bertz CT molecular complexity index is 401. The minimum Gasteiger partial charge on any atom is -0.396 e. The summed E-state index contributed by atoms with van der Waals surface area (Å²) in [4.78, 5) is 10.4. The molecule has 0 radical (unpaired) electrons. The molecule has 6 heteroatoms. The second-order valence-corrected chi connectivity index (χ2v) is 4.26. The van der Waals surface area contributed by atoms with Crippen LogP contribution in [0.5, 0.6) is 0 Å². The van der Waals surface area contributed by atoms with Crippen molar-refractivity contribution in [1.29, 1.82) is 5.41 Å². The van der Waals surface area contributed by atoms with Gasteiger partial charge in [0, 0.05) is 32.1 Å². The van der Waals surface area contributed by atoms with Crippen LogP contribution in [-0.4, -0.2) is 40.6 Å². The van der Waals surface area contributed by atoms with E-state index in [9.17, 15) is 0 Å². The van der Waals surface area contributed by atoms with Gasteiger partial charge in [-0.25, -0.2) is 9.97 Å². The monoisotopic (exact) mass is 235 g/mol. The molecule has 1 fully saturated rings. The van der Waals surface area contributed by atoms with Gasteiger partial charge in [0.2, 0.25) is 0 Å². The largest absolute Gasteiger partial charge is 0.396 e. The number of aliphatic hydroxyl groups is 1. The molecule has 1 aromatic rings. The molecular formula is C11H17N5O. The average molecular weight is 235 g/mol. The first kappa shape index (κ1) is 11.8.